The summed E-state index contributed by atoms with van der Waals surface area (Å²) in [6.07, 6.45) is -0.0856. The molecule has 2 aromatic rings. The molecule has 9 heteroatoms. The van der Waals surface area contributed by atoms with Crippen LogP contribution < -0.4 is 20.1 Å². The van der Waals surface area contributed by atoms with Gasteiger partial charge in [0.1, 0.15) is 6.10 Å². The zero-order valence-corrected chi connectivity index (χ0v) is 19.6. The third kappa shape index (κ3) is 7.17. The molecule has 0 bridgehead atoms. The van der Waals surface area contributed by atoms with E-state index in [1.807, 2.05) is 52.0 Å². The van der Waals surface area contributed by atoms with Crippen LogP contribution in [-0.2, 0) is 12.0 Å². The molecule has 1 atom stereocenters. The van der Waals surface area contributed by atoms with Gasteiger partial charge in [0.25, 0.3) is 0 Å². The maximum absolute atomic E-state index is 5.92. The molecule has 0 radical (unpaired) electrons. The lowest BCUT2D eigenvalue weighted by Crippen LogP contribution is -2.41. The van der Waals surface area contributed by atoms with Crippen LogP contribution in [-0.4, -0.2) is 42.9 Å². The SMILES string of the molecule is CN=C(NCc1noc(C(C)(C)C)n1)NCC(C)Oc1ccccc1OC.I. The average molecular weight is 503 g/mol. The highest BCUT2D eigenvalue weighted by Gasteiger charge is 2.21. The Morgan fingerprint density at radius 2 is 1.89 bits per heavy atom. The van der Waals surface area contributed by atoms with Gasteiger partial charge in [0, 0.05) is 12.5 Å². The predicted molar refractivity (Wildman–Crippen MR) is 120 cm³/mol. The van der Waals surface area contributed by atoms with E-state index in [0.717, 1.165) is 0 Å². The number of rotatable bonds is 7. The van der Waals surface area contributed by atoms with Gasteiger partial charge in [-0.3, -0.25) is 4.99 Å². The van der Waals surface area contributed by atoms with Crippen LogP contribution in [0.2, 0.25) is 0 Å². The van der Waals surface area contributed by atoms with E-state index in [2.05, 4.69) is 25.8 Å². The number of hydrogen-bond donors (Lipinski definition) is 2. The van der Waals surface area contributed by atoms with Crippen LogP contribution >= 0.6 is 24.0 Å². The summed E-state index contributed by atoms with van der Waals surface area (Å²) in [5, 5.41) is 10.4. The molecule has 156 valence electrons. The lowest BCUT2D eigenvalue weighted by Gasteiger charge is -2.18. The molecule has 1 unspecified atom stereocenters. The van der Waals surface area contributed by atoms with Crippen molar-refractivity contribution in [2.24, 2.45) is 4.99 Å². The molecule has 0 saturated heterocycles. The molecular formula is C19H30IN5O3. The quantitative estimate of drug-likeness (QED) is 0.341. The molecule has 0 amide bonds. The maximum Gasteiger partial charge on any atom is 0.232 e. The summed E-state index contributed by atoms with van der Waals surface area (Å²) in [7, 11) is 3.33. The largest absolute Gasteiger partial charge is 0.493 e. The summed E-state index contributed by atoms with van der Waals surface area (Å²) < 4.78 is 16.5. The second kappa shape index (κ2) is 11.1. The highest BCUT2D eigenvalue weighted by Crippen LogP contribution is 2.26. The zero-order chi connectivity index (χ0) is 19.9. The Morgan fingerprint density at radius 1 is 1.21 bits per heavy atom. The molecule has 1 aromatic carbocycles. The number of nitrogens with zero attached hydrogens (tertiary/aromatic N) is 3. The van der Waals surface area contributed by atoms with Crippen molar-refractivity contribution in [3.63, 3.8) is 0 Å². The van der Waals surface area contributed by atoms with Crippen molar-refractivity contribution >= 4 is 29.9 Å². The lowest BCUT2D eigenvalue weighted by atomic mass is 9.97. The minimum absolute atomic E-state index is 0. The van der Waals surface area contributed by atoms with Gasteiger partial charge in [-0.05, 0) is 19.1 Å². The van der Waals surface area contributed by atoms with Crippen LogP contribution in [0.4, 0.5) is 0 Å². The normalized spacial score (nSPS) is 12.7. The highest BCUT2D eigenvalue weighted by atomic mass is 127. The number of benzene rings is 1. The van der Waals surface area contributed by atoms with Crippen LogP contribution in [0, 0.1) is 0 Å². The van der Waals surface area contributed by atoms with Crippen molar-refractivity contribution in [2.45, 2.75) is 45.8 Å². The molecule has 0 aliphatic heterocycles. The van der Waals surface area contributed by atoms with Crippen molar-refractivity contribution < 1.29 is 14.0 Å². The van der Waals surface area contributed by atoms with E-state index in [4.69, 9.17) is 14.0 Å². The van der Waals surface area contributed by atoms with Crippen LogP contribution in [0.15, 0.2) is 33.8 Å². The van der Waals surface area contributed by atoms with Gasteiger partial charge in [-0.25, -0.2) is 0 Å². The van der Waals surface area contributed by atoms with Crippen molar-refractivity contribution in [3.8, 4) is 11.5 Å². The van der Waals surface area contributed by atoms with E-state index in [9.17, 15) is 0 Å². The van der Waals surface area contributed by atoms with E-state index in [-0.39, 0.29) is 35.5 Å². The third-order valence-corrected chi connectivity index (χ3v) is 3.70. The highest BCUT2D eigenvalue weighted by molar-refractivity contribution is 14.0. The molecule has 0 fully saturated rings. The van der Waals surface area contributed by atoms with E-state index in [1.165, 1.54) is 0 Å². The molecule has 1 heterocycles. The number of aliphatic imine (C=N–C) groups is 1. The minimum Gasteiger partial charge on any atom is -0.493 e. The number of nitrogens with one attached hydrogen (secondary N) is 2. The summed E-state index contributed by atoms with van der Waals surface area (Å²) in [5.41, 5.74) is -0.170. The van der Waals surface area contributed by atoms with Crippen molar-refractivity contribution in [1.29, 1.82) is 0 Å². The van der Waals surface area contributed by atoms with E-state index in [1.54, 1.807) is 14.2 Å². The van der Waals surface area contributed by atoms with E-state index >= 15 is 0 Å². The number of para-hydroxylation sites is 2. The number of aromatic nitrogens is 2. The Labute approximate surface area is 183 Å². The van der Waals surface area contributed by atoms with Gasteiger partial charge in [0.05, 0.1) is 20.2 Å². The molecular weight excluding hydrogens is 473 g/mol. The molecule has 0 saturated carbocycles. The van der Waals surface area contributed by atoms with Gasteiger partial charge in [-0.1, -0.05) is 38.1 Å². The molecule has 2 rings (SSSR count). The minimum atomic E-state index is -0.170. The van der Waals surface area contributed by atoms with Crippen LogP contribution in [0.25, 0.3) is 0 Å². The first-order chi connectivity index (χ1) is 12.8. The van der Waals surface area contributed by atoms with Crippen molar-refractivity contribution in [1.82, 2.24) is 20.8 Å². The zero-order valence-electron chi connectivity index (χ0n) is 17.3. The fourth-order valence-corrected chi connectivity index (χ4v) is 2.23. The van der Waals surface area contributed by atoms with E-state index in [0.29, 0.717) is 42.3 Å². The second-order valence-corrected chi connectivity index (χ2v) is 7.15. The summed E-state index contributed by atoms with van der Waals surface area (Å²) >= 11 is 0. The summed E-state index contributed by atoms with van der Waals surface area (Å²) in [5.74, 6) is 3.24. The molecule has 0 spiro atoms. The number of halogens is 1. The fraction of sp³-hybridized carbons (Fsp3) is 0.526. The first-order valence-corrected chi connectivity index (χ1v) is 8.90. The monoisotopic (exact) mass is 503 g/mol. The topological polar surface area (TPSA) is 93.8 Å². The Hall–Kier alpha value is -2.04. The molecule has 8 nitrogen and oxygen atoms in total. The Morgan fingerprint density at radius 3 is 2.46 bits per heavy atom. The van der Waals surface area contributed by atoms with Gasteiger partial charge in [0.15, 0.2) is 23.3 Å². The van der Waals surface area contributed by atoms with E-state index < -0.39 is 0 Å². The molecule has 28 heavy (non-hydrogen) atoms. The van der Waals surface area contributed by atoms with Crippen molar-refractivity contribution in [3.05, 3.63) is 36.0 Å². The van der Waals surface area contributed by atoms with Crippen LogP contribution in [0.1, 0.15) is 39.4 Å². The Kier molecular flexibility index (Phi) is 9.50. The van der Waals surface area contributed by atoms with Gasteiger partial charge in [-0.2, -0.15) is 4.98 Å². The van der Waals surface area contributed by atoms with Gasteiger partial charge >= 0.3 is 0 Å². The summed E-state index contributed by atoms with van der Waals surface area (Å²) in [4.78, 5) is 8.60. The second-order valence-electron chi connectivity index (χ2n) is 7.15. The van der Waals surface area contributed by atoms with Gasteiger partial charge in [-0.15, -0.1) is 24.0 Å². The molecule has 1 aromatic heterocycles. The number of ether oxygens (including phenoxy) is 2. The van der Waals surface area contributed by atoms with Gasteiger partial charge in [0.2, 0.25) is 5.89 Å². The number of guanidine groups is 1. The molecule has 0 aliphatic rings. The lowest BCUT2D eigenvalue weighted by molar-refractivity contribution is 0.213. The number of hydrogen-bond acceptors (Lipinski definition) is 6. The fourth-order valence-electron chi connectivity index (χ4n) is 2.23. The summed E-state index contributed by atoms with van der Waals surface area (Å²) in [6, 6.07) is 7.57. The number of methoxy groups -OCH3 is 1. The first kappa shape index (κ1) is 24.0. The Balaban J connectivity index is 0.00000392. The third-order valence-electron chi connectivity index (χ3n) is 3.70. The van der Waals surface area contributed by atoms with Gasteiger partial charge < -0.3 is 24.6 Å². The molecule has 2 N–H and O–H groups in total. The molecule has 0 aliphatic carbocycles. The van der Waals surface area contributed by atoms with Crippen LogP contribution in [0.3, 0.4) is 0 Å². The van der Waals surface area contributed by atoms with Crippen molar-refractivity contribution in [2.75, 3.05) is 20.7 Å². The average Bonchev–Trinajstić information content (AvgIpc) is 3.12. The Bertz CT molecular complexity index is 758. The predicted octanol–water partition coefficient (Wildman–Crippen LogP) is 3.13. The first-order valence-electron chi connectivity index (χ1n) is 8.90. The summed E-state index contributed by atoms with van der Waals surface area (Å²) in [6.45, 7) is 9.05. The standard InChI is InChI=1S/C19H29N5O3.HI/c1-13(26-15-10-8-7-9-14(15)25-6)11-21-18(20-5)22-12-16-23-17(27-24-16)19(2,3)4;/h7-10,13H,11-12H2,1-6H3,(H2,20,21,22);1H. The van der Waals surface area contributed by atoms with Crippen LogP contribution in [0.5, 0.6) is 11.5 Å². The maximum atomic E-state index is 5.92. The smallest absolute Gasteiger partial charge is 0.232 e.